The molecule has 0 saturated heterocycles. The van der Waals surface area contributed by atoms with Gasteiger partial charge >= 0.3 is 0 Å². The number of benzene rings is 3. The Kier molecular flexibility index (Phi) is 6.69. The maximum Gasteiger partial charge on any atom is 0.255 e. The minimum absolute atomic E-state index is 0.0492. The molecule has 168 valence electrons. The number of hydrogen-bond donors (Lipinski definition) is 3. The van der Waals surface area contributed by atoms with Crippen molar-refractivity contribution in [2.75, 3.05) is 23.1 Å². The molecule has 0 bridgehead atoms. The fraction of sp³-hybridized carbons (Fsp3) is 0.192. The second-order valence-corrected chi connectivity index (χ2v) is 7.87. The third kappa shape index (κ3) is 5.38. The summed E-state index contributed by atoms with van der Waals surface area (Å²) in [4.78, 5) is 37.2. The monoisotopic (exact) mass is 443 g/mol. The van der Waals surface area contributed by atoms with Gasteiger partial charge in [0, 0.05) is 29.3 Å². The molecule has 3 aromatic carbocycles. The van der Waals surface area contributed by atoms with Gasteiger partial charge in [-0.1, -0.05) is 30.3 Å². The molecule has 0 aromatic heterocycles. The Morgan fingerprint density at radius 2 is 1.70 bits per heavy atom. The van der Waals surface area contributed by atoms with Gasteiger partial charge < -0.3 is 20.7 Å². The number of anilines is 3. The van der Waals surface area contributed by atoms with Crippen LogP contribution in [0.1, 0.15) is 28.8 Å². The fourth-order valence-electron chi connectivity index (χ4n) is 3.82. The minimum Gasteiger partial charge on any atom is -0.495 e. The lowest BCUT2D eigenvalue weighted by molar-refractivity contribution is -0.121. The van der Waals surface area contributed by atoms with Crippen molar-refractivity contribution < 1.29 is 19.1 Å². The molecule has 0 radical (unpaired) electrons. The van der Waals surface area contributed by atoms with Gasteiger partial charge in [-0.05, 0) is 60.9 Å². The third-order valence-electron chi connectivity index (χ3n) is 5.62. The molecule has 7 nitrogen and oxygen atoms in total. The van der Waals surface area contributed by atoms with E-state index >= 15 is 0 Å². The smallest absolute Gasteiger partial charge is 0.255 e. The lowest BCUT2D eigenvalue weighted by atomic mass is 9.89. The number of fused-ring (bicyclic) bond motifs is 1. The minimum atomic E-state index is -0.277. The first-order valence-corrected chi connectivity index (χ1v) is 10.8. The van der Waals surface area contributed by atoms with Crippen LogP contribution in [0.2, 0.25) is 0 Å². The number of nitrogens with one attached hydrogen (secondary N) is 3. The summed E-state index contributed by atoms with van der Waals surface area (Å²) in [6.45, 7) is 0. The number of hydrogen-bond acceptors (Lipinski definition) is 4. The Bertz CT molecular complexity index is 1170. The molecule has 0 saturated carbocycles. The molecule has 4 rings (SSSR count). The molecule has 1 atom stereocenters. The average molecular weight is 444 g/mol. The van der Waals surface area contributed by atoms with Crippen molar-refractivity contribution in [3.05, 3.63) is 83.9 Å². The molecule has 3 amide bonds. The number of para-hydroxylation sites is 3. The van der Waals surface area contributed by atoms with E-state index in [1.165, 1.54) is 0 Å². The summed E-state index contributed by atoms with van der Waals surface area (Å²) in [7, 11) is 1.54. The largest absolute Gasteiger partial charge is 0.495 e. The molecule has 1 aliphatic heterocycles. The predicted molar refractivity (Wildman–Crippen MR) is 128 cm³/mol. The summed E-state index contributed by atoms with van der Waals surface area (Å²) in [5.41, 5.74) is 3.56. The van der Waals surface area contributed by atoms with Gasteiger partial charge in [0.05, 0.1) is 12.8 Å². The van der Waals surface area contributed by atoms with E-state index in [2.05, 4.69) is 16.0 Å². The highest BCUT2D eigenvalue weighted by Crippen LogP contribution is 2.28. The molecule has 1 heterocycles. The Labute approximate surface area is 192 Å². The van der Waals surface area contributed by atoms with Crippen LogP contribution in [0.15, 0.2) is 72.8 Å². The van der Waals surface area contributed by atoms with Crippen molar-refractivity contribution in [2.24, 2.45) is 5.92 Å². The summed E-state index contributed by atoms with van der Waals surface area (Å²) in [5.74, 6) is -0.155. The van der Waals surface area contributed by atoms with Gasteiger partial charge in [0.15, 0.2) is 0 Å². The van der Waals surface area contributed by atoms with Gasteiger partial charge in [-0.15, -0.1) is 0 Å². The van der Waals surface area contributed by atoms with Crippen LogP contribution in [0.4, 0.5) is 17.1 Å². The van der Waals surface area contributed by atoms with Crippen LogP contribution in [0.3, 0.4) is 0 Å². The molecule has 33 heavy (non-hydrogen) atoms. The maximum absolute atomic E-state index is 12.5. The third-order valence-corrected chi connectivity index (χ3v) is 5.62. The van der Waals surface area contributed by atoms with Crippen molar-refractivity contribution in [1.29, 1.82) is 0 Å². The van der Waals surface area contributed by atoms with Crippen molar-refractivity contribution in [3.8, 4) is 5.75 Å². The number of rotatable bonds is 7. The molecule has 3 N–H and O–H groups in total. The SMILES string of the molecule is COc1ccccc1NC(=O)c1ccc(NC(=O)CCC2Cc3ccccc3NC2=O)cc1. The predicted octanol–water partition coefficient (Wildman–Crippen LogP) is 4.48. The zero-order valence-corrected chi connectivity index (χ0v) is 18.3. The van der Waals surface area contributed by atoms with Crippen LogP contribution in [0, 0.1) is 5.92 Å². The lowest BCUT2D eigenvalue weighted by Gasteiger charge is -2.24. The summed E-state index contributed by atoms with van der Waals surface area (Å²) >= 11 is 0. The van der Waals surface area contributed by atoms with Gasteiger partial charge in [-0.2, -0.15) is 0 Å². The highest BCUT2D eigenvalue weighted by Gasteiger charge is 2.26. The molecule has 7 heteroatoms. The van der Waals surface area contributed by atoms with E-state index in [1.807, 2.05) is 36.4 Å². The Hall–Kier alpha value is -4.13. The molecule has 3 aromatic rings. The average Bonchev–Trinajstić information content (AvgIpc) is 2.83. The quantitative estimate of drug-likeness (QED) is 0.502. The molecule has 0 spiro atoms. The van der Waals surface area contributed by atoms with Crippen LogP contribution < -0.4 is 20.7 Å². The number of carbonyl (C=O) groups is 3. The van der Waals surface area contributed by atoms with Gasteiger partial charge in [0.25, 0.3) is 5.91 Å². The van der Waals surface area contributed by atoms with Crippen LogP contribution in [0.25, 0.3) is 0 Å². The highest BCUT2D eigenvalue weighted by molar-refractivity contribution is 6.05. The van der Waals surface area contributed by atoms with E-state index in [0.29, 0.717) is 35.5 Å². The van der Waals surface area contributed by atoms with Crippen molar-refractivity contribution in [3.63, 3.8) is 0 Å². The topological polar surface area (TPSA) is 96.5 Å². The number of amides is 3. The van der Waals surface area contributed by atoms with E-state index < -0.39 is 0 Å². The first-order valence-electron chi connectivity index (χ1n) is 10.8. The van der Waals surface area contributed by atoms with Crippen LogP contribution in [0.5, 0.6) is 5.75 Å². The van der Waals surface area contributed by atoms with Gasteiger partial charge in [0.2, 0.25) is 11.8 Å². The molecule has 1 aliphatic rings. The summed E-state index contributed by atoms with van der Waals surface area (Å²) < 4.78 is 5.25. The van der Waals surface area contributed by atoms with E-state index in [0.717, 1.165) is 11.3 Å². The van der Waals surface area contributed by atoms with Gasteiger partial charge in [-0.3, -0.25) is 14.4 Å². The van der Waals surface area contributed by atoms with Gasteiger partial charge in [-0.25, -0.2) is 0 Å². The maximum atomic E-state index is 12.5. The highest BCUT2D eigenvalue weighted by atomic mass is 16.5. The number of methoxy groups -OCH3 is 1. The standard InChI is InChI=1S/C26H25N3O4/c1-33-23-9-5-4-8-22(23)29-25(31)17-10-13-20(14-11-17)27-24(30)15-12-19-16-18-6-2-3-7-21(18)28-26(19)32/h2-11,13-14,19H,12,15-16H2,1H3,(H,27,30)(H,28,32)(H,29,31). The van der Waals surface area contributed by atoms with Crippen molar-refractivity contribution in [1.82, 2.24) is 0 Å². The van der Waals surface area contributed by atoms with E-state index in [4.69, 9.17) is 4.74 Å². The van der Waals surface area contributed by atoms with Crippen LogP contribution in [-0.4, -0.2) is 24.8 Å². The molecule has 1 unspecified atom stereocenters. The second-order valence-electron chi connectivity index (χ2n) is 7.87. The molecule has 0 fully saturated rings. The molecule has 0 aliphatic carbocycles. The van der Waals surface area contributed by atoms with E-state index in [9.17, 15) is 14.4 Å². The van der Waals surface area contributed by atoms with E-state index in [-0.39, 0.29) is 30.1 Å². The number of carbonyl (C=O) groups excluding carboxylic acids is 3. The van der Waals surface area contributed by atoms with E-state index in [1.54, 1.807) is 43.5 Å². The summed E-state index contributed by atoms with van der Waals surface area (Å²) in [6, 6.07) is 21.5. The van der Waals surface area contributed by atoms with Crippen LogP contribution >= 0.6 is 0 Å². The van der Waals surface area contributed by atoms with Gasteiger partial charge in [0.1, 0.15) is 5.75 Å². The number of ether oxygens (including phenoxy) is 1. The summed E-state index contributed by atoms with van der Waals surface area (Å²) in [6.07, 6.45) is 1.33. The molecular weight excluding hydrogens is 418 g/mol. The van der Waals surface area contributed by atoms with Crippen LogP contribution in [-0.2, 0) is 16.0 Å². The second kappa shape index (κ2) is 9.99. The molecular formula is C26H25N3O4. The Morgan fingerprint density at radius 3 is 2.48 bits per heavy atom. The Morgan fingerprint density at radius 1 is 0.970 bits per heavy atom. The normalized spacial score (nSPS) is 14.6. The van der Waals surface area contributed by atoms with Crippen molar-refractivity contribution >= 4 is 34.8 Å². The zero-order chi connectivity index (χ0) is 23.2. The van der Waals surface area contributed by atoms with Crippen molar-refractivity contribution in [2.45, 2.75) is 19.3 Å². The lowest BCUT2D eigenvalue weighted by Crippen LogP contribution is -2.30. The Balaban J connectivity index is 1.29. The first kappa shape index (κ1) is 22.1. The zero-order valence-electron chi connectivity index (χ0n) is 18.3. The fourth-order valence-corrected chi connectivity index (χ4v) is 3.82. The summed E-state index contributed by atoms with van der Waals surface area (Å²) in [5, 5.41) is 8.55. The first-order chi connectivity index (χ1) is 16.0.